The molecule has 0 fully saturated rings. The second-order valence-electron chi connectivity index (χ2n) is 2.44. The summed E-state index contributed by atoms with van der Waals surface area (Å²) in [7, 11) is 0. The first-order chi connectivity index (χ1) is 6.50. The number of carbonyl (C=O) groups excluding carboxylic acids is 2. The van der Waals surface area contributed by atoms with Crippen molar-refractivity contribution < 1.29 is 9.59 Å². The zero-order valence-corrected chi connectivity index (χ0v) is 9.80. The number of amides is 3. The van der Waals surface area contributed by atoms with Crippen molar-refractivity contribution in [3.05, 3.63) is 32.4 Å². The maximum Gasteiger partial charge on any atom is 0.319 e. The lowest BCUT2D eigenvalue weighted by Gasteiger charge is -2.03. The van der Waals surface area contributed by atoms with Crippen molar-refractivity contribution in [3.63, 3.8) is 0 Å². The lowest BCUT2D eigenvalue weighted by Crippen LogP contribution is -2.35. The van der Waals surface area contributed by atoms with Crippen LogP contribution in [0.1, 0.15) is 10.4 Å². The van der Waals surface area contributed by atoms with E-state index in [1.54, 1.807) is 12.1 Å². The average Bonchev–Trinajstić information content (AvgIpc) is 2.08. The van der Waals surface area contributed by atoms with Crippen molar-refractivity contribution in [2.75, 3.05) is 0 Å². The Hall–Kier alpha value is -0.820. The van der Waals surface area contributed by atoms with Gasteiger partial charge in [-0.15, -0.1) is 0 Å². The maximum absolute atomic E-state index is 11.4. The smallest absolute Gasteiger partial charge is 0.319 e. The van der Waals surface area contributed by atoms with Crippen LogP contribution in [0.25, 0.3) is 0 Å². The zero-order chi connectivity index (χ0) is 10.7. The molecule has 0 aliphatic rings. The molecule has 0 unspecified atom stereocenters. The lowest BCUT2D eigenvalue weighted by molar-refractivity contribution is 0.0965. The van der Waals surface area contributed by atoms with Crippen molar-refractivity contribution in [1.29, 1.82) is 0 Å². The van der Waals surface area contributed by atoms with E-state index in [0.29, 0.717) is 14.2 Å². The van der Waals surface area contributed by atoms with E-state index in [0.717, 1.165) is 0 Å². The summed E-state index contributed by atoms with van der Waals surface area (Å²) < 4.78 is 0.700. The first kappa shape index (κ1) is 11.3. The van der Waals surface area contributed by atoms with E-state index in [4.69, 9.17) is 17.3 Å². The molecule has 0 aliphatic carbocycles. The van der Waals surface area contributed by atoms with Crippen LogP contribution in [0.5, 0.6) is 0 Å². The van der Waals surface area contributed by atoms with E-state index in [9.17, 15) is 9.59 Å². The highest BCUT2D eigenvalue weighted by atomic mass is 127. The number of hydrogen-bond acceptors (Lipinski definition) is 2. The van der Waals surface area contributed by atoms with Gasteiger partial charge >= 0.3 is 6.03 Å². The monoisotopic (exact) mass is 324 g/mol. The van der Waals surface area contributed by atoms with E-state index >= 15 is 0 Å². The minimum atomic E-state index is -0.884. The van der Waals surface area contributed by atoms with Crippen LogP contribution in [0.15, 0.2) is 18.2 Å². The summed E-state index contributed by atoms with van der Waals surface area (Å²) >= 11 is 7.67. The van der Waals surface area contributed by atoms with Crippen LogP contribution in [0.2, 0.25) is 5.02 Å². The van der Waals surface area contributed by atoms with Crippen LogP contribution >= 0.6 is 34.2 Å². The van der Waals surface area contributed by atoms with E-state index < -0.39 is 11.9 Å². The molecule has 6 heteroatoms. The summed E-state index contributed by atoms with van der Waals surface area (Å²) in [6, 6.07) is 3.93. The Balaban J connectivity index is 3.00. The number of halogens is 2. The van der Waals surface area contributed by atoms with Gasteiger partial charge < -0.3 is 5.73 Å². The molecule has 74 valence electrons. The second kappa shape index (κ2) is 4.61. The number of benzene rings is 1. The fourth-order valence-corrected chi connectivity index (χ4v) is 1.60. The third-order valence-corrected chi connectivity index (χ3v) is 2.59. The van der Waals surface area contributed by atoms with E-state index in [-0.39, 0.29) is 0 Å². The first-order valence-corrected chi connectivity index (χ1v) is 5.02. The van der Waals surface area contributed by atoms with Crippen LogP contribution in [-0.2, 0) is 0 Å². The predicted octanol–water partition coefficient (Wildman–Crippen LogP) is 1.75. The number of nitrogens with one attached hydrogen (secondary N) is 1. The minimum absolute atomic E-state index is 0.330. The van der Waals surface area contributed by atoms with Gasteiger partial charge in [-0.05, 0) is 40.8 Å². The fraction of sp³-hybridized carbons (Fsp3) is 0. The van der Waals surface area contributed by atoms with Gasteiger partial charge in [0.2, 0.25) is 0 Å². The summed E-state index contributed by atoms with van der Waals surface area (Å²) in [6.07, 6.45) is 0. The number of primary amides is 1. The molecule has 0 spiro atoms. The highest BCUT2D eigenvalue weighted by molar-refractivity contribution is 14.1. The molecule has 0 bridgehead atoms. The highest BCUT2D eigenvalue weighted by Gasteiger charge is 2.11. The first-order valence-electron chi connectivity index (χ1n) is 3.56. The topological polar surface area (TPSA) is 72.2 Å². The van der Waals surface area contributed by atoms with Gasteiger partial charge in [0.25, 0.3) is 5.91 Å². The average molecular weight is 325 g/mol. The number of nitrogens with two attached hydrogens (primary N) is 1. The maximum atomic E-state index is 11.4. The molecule has 3 N–H and O–H groups in total. The summed E-state index contributed by atoms with van der Waals surface area (Å²) in [5.41, 5.74) is 5.14. The van der Waals surface area contributed by atoms with Crippen LogP contribution in [-0.4, -0.2) is 11.9 Å². The Morgan fingerprint density at radius 2 is 2.07 bits per heavy atom. The van der Waals surface area contributed by atoms with Gasteiger partial charge in [-0.3, -0.25) is 10.1 Å². The lowest BCUT2D eigenvalue weighted by atomic mass is 10.2. The van der Waals surface area contributed by atoms with Crippen molar-refractivity contribution in [2.24, 2.45) is 5.73 Å². The number of urea groups is 1. The third kappa shape index (κ3) is 2.85. The van der Waals surface area contributed by atoms with Gasteiger partial charge in [0.1, 0.15) is 0 Å². The van der Waals surface area contributed by atoms with Crippen molar-refractivity contribution >= 4 is 46.1 Å². The largest absolute Gasteiger partial charge is 0.351 e. The Kier molecular flexibility index (Phi) is 3.70. The summed E-state index contributed by atoms with van der Waals surface area (Å²) in [4.78, 5) is 21.8. The van der Waals surface area contributed by atoms with E-state index in [1.165, 1.54) is 6.07 Å². The van der Waals surface area contributed by atoms with Crippen LogP contribution in [0.3, 0.4) is 0 Å². The summed E-state index contributed by atoms with van der Waals surface area (Å²) in [6.45, 7) is 0. The molecule has 0 saturated carbocycles. The standard InChI is InChI=1S/C8H6ClIN2O2/c9-4-1-2-6(10)5(3-4)7(13)12-8(11)14/h1-3H,(H3,11,12,13,14). The molecule has 0 saturated heterocycles. The molecule has 0 aromatic heterocycles. The van der Waals surface area contributed by atoms with Gasteiger partial charge in [-0.1, -0.05) is 11.6 Å². The van der Waals surface area contributed by atoms with Gasteiger partial charge in [-0.25, -0.2) is 4.79 Å². The molecule has 0 radical (unpaired) electrons. The number of carbonyl (C=O) groups is 2. The number of hydrogen-bond donors (Lipinski definition) is 2. The molecule has 0 atom stereocenters. The quantitative estimate of drug-likeness (QED) is 0.773. The van der Waals surface area contributed by atoms with Crippen LogP contribution in [0.4, 0.5) is 4.79 Å². The molecular weight excluding hydrogens is 318 g/mol. The Labute approximate surface area is 98.9 Å². The van der Waals surface area contributed by atoms with Gasteiger partial charge in [-0.2, -0.15) is 0 Å². The normalized spacial score (nSPS) is 9.57. The van der Waals surface area contributed by atoms with Crippen LogP contribution < -0.4 is 11.1 Å². The van der Waals surface area contributed by atoms with Gasteiger partial charge in [0.05, 0.1) is 5.56 Å². The van der Waals surface area contributed by atoms with E-state index in [1.807, 2.05) is 27.9 Å². The Morgan fingerprint density at radius 3 is 2.64 bits per heavy atom. The van der Waals surface area contributed by atoms with Gasteiger partial charge in [0.15, 0.2) is 0 Å². The highest BCUT2D eigenvalue weighted by Crippen LogP contribution is 2.17. The van der Waals surface area contributed by atoms with Crippen molar-refractivity contribution in [1.82, 2.24) is 5.32 Å². The predicted molar refractivity (Wildman–Crippen MR) is 61.2 cm³/mol. The third-order valence-electron chi connectivity index (χ3n) is 1.41. The molecule has 1 aromatic carbocycles. The molecule has 4 nitrogen and oxygen atoms in total. The van der Waals surface area contributed by atoms with Crippen molar-refractivity contribution in [2.45, 2.75) is 0 Å². The molecule has 0 heterocycles. The number of rotatable bonds is 1. The molecular formula is C8H6ClIN2O2. The Bertz CT molecular complexity index is 395. The molecule has 0 aliphatic heterocycles. The fourth-order valence-electron chi connectivity index (χ4n) is 0.851. The molecule has 1 aromatic rings. The van der Waals surface area contributed by atoms with E-state index in [2.05, 4.69) is 0 Å². The molecule has 3 amide bonds. The SMILES string of the molecule is NC(=O)NC(=O)c1cc(Cl)ccc1I. The van der Waals surface area contributed by atoms with Crippen LogP contribution in [0, 0.1) is 3.57 Å². The number of imide groups is 1. The summed E-state index contributed by atoms with van der Waals surface area (Å²) in [5.74, 6) is -0.551. The summed E-state index contributed by atoms with van der Waals surface area (Å²) in [5, 5.41) is 2.39. The minimum Gasteiger partial charge on any atom is -0.351 e. The second-order valence-corrected chi connectivity index (χ2v) is 4.04. The van der Waals surface area contributed by atoms with Gasteiger partial charge in [0, 0.05) is 8.59 Å². The molecule has 1 rings (SSSR count). The molecule has 14 heavy (non-hydrogen) atoms. The Morgan fingerprint density at radius 1 is 1.43 bits per heavy atom. The van der Waals surface area contributed by atoms with Crippen molar-refractivity contribution in [3.8, 4) is 0 Å². The zero-order valence-electron chi connectivity index (χ0n) is 6.88.